The van der Waals surface area contributed by atoms with E-state index in [4.69, 9.17) is 9.47 Å². The van der Waals surface area contributed by atoms with Crippen LogP contribution in [0.3, 0.4) is 0 Å². The Bertz CT molecular complexity index is 1310. The van der Waals surface area contributed by atoms with Gasteiger partial charge in [-0.2, -0.15) is 9.50 Å². The van der Waals surface area contributed by atoms with E-state index in [2.05, 4.69) is 20.5 Å². The summed E-state index contributed by atoms with van der Waals surface area (Å²) in [7, 11) is 0. The van der Waals surface area contributed by atoms with Crippen molar-refractivity contribution in [2.75, 3.05) is 18.6 Å². The van der Waals surface area contributed by atoms with Crippen LogP contribution in [0.1, 0.15) is 16.2 Å². The summed E-state index contributed by atoms with van der Waals surface area (Å²) in [5, 5.41) is 4.55. The fraction of sp³-hybridized carbons (Fsp3) is 0.167. The number of aromatic nitrogens is 5. The zero-order valence-corrected chi connectivity index (χ0v) is 14.7. The molecule has 0 aliphatic carbocycles. The molecule has 4 heterocycles. The monoisotopic (exact) mass is 378 g/mol. The Morgan fingerprint density at radius 1 is 1.18 bits per heavy atom. The number of amides is 1. The van der Waals surface area contributed by atoms with Crippen molar-refractivity contribution < 1.29 is 14.3 Å². The zero-order chi connectivity index (χ0) is 19.3. The van der Waals surface area contributed by atoms with Crippen molar-refractivity contribution in [1.29, 1.82) is 0 Å². The van der Waals surface area contributed by atoms with E-state index in [1.807, 2.05) is 0 Å². The van der Waals surface area contributed by atoms with Crippen LogP contribution in [0, 0.1) is 6.92 Å². The second-order valence-corrected chi connectivity index (χ2v) is 6.22. The highest BCUT2D eigenvalue weighted by atomic mass is 16.6. The number of nitrogens with zero attached hydrogens (tertiary/aromatic N) is 5. The van der Waals surface area contributed by atoms with Gasteiger partial charge in [0.15, 0.2) is 11.5 Å². The summed E-state index contributed by atoms with van der Waals surface area (Å²) in [6.45, 7) is 2.64. The molecule has 1 N–H and O–H groups in total. The van der Waals surface area contributed by atoms with Gasteiger partial charge in [-0.15, -0.1) is 5.10 Å². The molecule has 0 saturated heterocycles. The minimum atomic E-state index is -0.455. The molecular weight excluding hydrogens is 364 g/mol. The maximum Gasteiger partial charge on any atom is 0.280 e. The van der Waals surface area contributed by atoms with Gasteiger partial charge in [-0.1, -0.05) is 0 Å². The Balaban J connectivity index is 1.51. The first-order valence-corrected chi connectivity index (χ1v) is 8.55. The minimum Gasteiger partial charge on any atom is -0.486 e. The van der Waals surface area contributed by atoms with E-state index >= 15 is 0 Å². The van der Waals surface area contributed by atoms with Crippen molar-refractivity contribution in [2.24, 2.45) is 0 Å². The van der Waals surface area contributed by atoms with Crippen LogP contribution in [0.25, 0.3) is 16.7 Å². The van der Waals surface area contributed by atoms with Crippen LogP contribution >= 0.6 is 0 Å². The maximum atomic E-state index is 12.8. The molecule has 1 aromatic carbocycles. The fourth-order valence-corrected chi connectivity index (χ4v) is 3.07. The summed E-state index contributed by atoms with van der Waals surface area (Å²) in [5.41, 5.74) is 3.05. The number of fused-ring (bicyclic) bond motifs is 4. The molecule has 0 radical (unpaired) electrons. The molecule has 0 fully saturated rings. The number of rotatable bonds is 2. The molecule has 5 rings (SSSR count). The van der Waals surface area contributed by atoms with Gasteiger partial charge < -0.3 is 9.47 Å². The Kier molecular flexibility index (Phi) is 3.51. The van der Waals surface area contributed by atoms with E-state index in [0.717, 1.165) is 4.68 Å². The van der Waals surface area contributed by atoms with Crippen molar-refractivity contribution in [1.82, 2.24) is 24.3 Å². The number of ether oxygens (including phenoxy) is 2. The molecule has 10 nitrogen and oxygen atoms in total. The third kappa shape index (κ3) is 2.54. The second-order valence-electron chi connectivity index (χ2n) is 6.22. The lowest BCUT2D eigenvalue weighted by atomic mass is 10.2. The first-order chi connectivity index (χ1) is 13.6. The van der Waals surface area contributed by atoms with Crippen LogP contribution < -0.4 is 20.5 Å². The molecule has 1 aliphatic heterocycles. The lowest BCUT2D eigenvalue weighted by Crippen LogP contribution is -2.33. The number of hydrogen-bond donors (Lipinski definition) is 1. The SMILES string of the molecule is Cc1nc2ncc3c(=O)n(NC(=O)c4ccc5c(c4)OCCO5)ccc3n2n1. The average Bonchev–Trinajstić information content (AvgIpc) is 3.10. The first kappa shape index (κ1) is 16.2. The summed E-state index contributed by atoms with van der Waals surface area (Å²) >= 11 is 0. The van der Waals surface area contributed by atoms with Crippen LogP contribution in [0.4, 0.5) is 0 Å². The molecule has 10 heteroatoms. The molecule has 1 aliphatic rings. The molecule has 1 amide bonds. The van der Waals surface area contributed by atoms with Gasteiger partial charge in [0.2, 0.25) is 0 Å². The van der Waals surface area contributed by atoms with Crippen molar-refractivity contribution in [3.63, 3.8) is 0 Å². The van der Waals surface area contributed by atoms with Gasteiger partial charge in [0.05, 0.1) is 10.9 Å². The number of aryl methyl sites for hydroxylation is 1. The smallest absolute Gasteiger partial charge is 0.280 e. The van der Waals surface area contributed by atoms with Crippen molar-refractivity contribution in [3.8, 4) is 11.5 Å². The largest absolute Gasteiger partial charge is 0.486 e. The standard InChI is InChI=1S/C18H14N6O4/c1-10-20-18-19-9-12-13(24(18)21-10)4-5-23(17(12)26)22-16(25)11-2-3-14-15(8-11)28-7-6-27-14/h2-5,8-9H,6-7H2,1H3,(H,22,25). The Morgan fingerprint density at radius 2 is 2.00 bits per heavy atom. The highest BCUT2D eigenvalue weighted by Gasteiger charge is 2.16. The predicted octanol–water partition coefficient (Wildman–Crippen LogP) is 0.903. The highest BCUT2D eigenvalue weighted by molar-refractivity contribution is 6.00. The van der Waals surface area contributed by atoms with Crippen LogP contribution in [0.15, 0.2) is 41.5 Å². The van der Waals surface area contributed by atoms with Crippen LogP contribution in [-0.2, 0) is 0 Å². The molecule has 3 aromatic heterocycles. The Labute approximate surface area is 157 Å². The van der Waals surface area contributed by atoms with Crippen LogP contribution in [0.5, 0.6) is 11.5 Å². The molecule has 0 spiro atoms. The number of carbonyl (C=O) groups excluding carboxylic acids is 1. The predicted molar refractivity (Wildman–Crippen MR) is 98.4 cm³/mol. The normalized spacial score (nSPS) is 13.0. The summed E-state index contributed by atoms with van der Waals surface area (Å²) in [5.74, 6) is 1.59. The highest BCUT2D eigenvalue weighted by Crippen LogP contribution is 2.30. The molecule has 28 heavy (non-hydrogen) atoms. The van der Waals surface area contributed by atoms with Crippen molar-refractivity contribution in [3.05, 3.63) is 58.4 Å². The Hall–Kier alpha value is -3.95. The number of nitrogens with one attached hydrogen (secondary N) is 1. The third-order valence-corrected chi connectivity index (χ3v) is 4.37. The van der Waals surface area contributed by atoms with E-state index in [1.54, 1.807) is 31.2 Å². The second kappa shape index (κ2) is 6.05. The lowest BCUT2D eigenvalue weighted by Gasteiger charge is -2.18. The van der Waals surface area contributed by atoms with Crippen molar-refractivity contribution >= 4 is 22.6 Å². The number of benzene rings is 1. The summed E-state index contributed by atoms with van der Waals surface area (Å²) in [6.07, 6.45) is 2.89. The number of pyridine rings is 1. The number of hydrogen-bond acceptors (Lipinski definition) is 7. The summed E-state index contributed by atoms with van der Waals surface area (Å²) in [4.78, 5) is 33.7. The van der Waals surface area contributed by atoms with E-state index in [-0.39, 0.29) is 0 Å². The Morgan fingerprint density at radius 3 is 2.86 bits per heavy atom. The average molecular weight is 378 g/mol. The van der Waals surface area contributed by atoms with E-state index in [0.29, 0.717) is 52.8 Å². The minimum absolute atomic E-state index is 0.308. The van der Waals surface area contributed by atoms with Gasteiger partial charge in [0.25, 0.3) is 17.2 Å². The maximum absolute atomic E-state index is 12.8. The molecule has 0 saturated carbocycles. The molecule has 0 unspecified atom stereocenters. The summed E-state index contributed by atoms with van der Waals surface area (Å²) < 4.78 is 13.5. The fourth-order valence-electron chi connectivity index (χ4n) is 3.07. The van der Waals surface area contributed by atoms with Gasteiger partial charge in [0, 0.05) is 18.0 Å². The number of carbonyl (C=O) groups is 1. The van der Waals surface area contributed by atoms with Gasteiger partial charge in [0.1, 0.15) is 19.0 Å². The molecule has 0 bridgehead atoms. The van der Waals surface area contributed by atoms with E-state index in [9.17, 15) is 9.59 Å². The summed E-state index contributed by atoms with van der Waals surface area (Å²) in [6, 6.07) is 6.53. The van der Waals surface area contributed by atoms with Crippen molar-refractivity contribution in [2.45, 2.75) is 6.92 Å². The molecule has 140 valence electrons. The lowest BCUT2D eigenvalue weighted by molar-refractivity contribution is 0.101. The van der Waals surface area contributed by atoms with Gasteiger partial charge in [-0.25, -0.2) is 9.66 Å². The third-order valence-electron chi connectivity index (χ3n) is 4.37. The van der Waals surface area contributed by atoms with E-state index < -0.39 is 11.5 Å². The van der Waals surface area contributed by atoms with E-state index in [1.165, 1.54) is 16.9 Å². The van der Waals surface area contributed by atoms with Gasteiger partial charge in [-0.05, 0) is 31.2 Å². The quantitative estimate of drug-likeness (QED) is 0.551. The molecular formula is C18H14N6O4. The van der Waals surface area contributed by atoms with Gasteiger partial charge >= 0.3 is 0 Å². The van der Waals surface area contributed by atoms with Crippen LogP contribution in [0.2, 0.25) is 0 Å². The van der Waals surface area contributed by atoms with Gasteiger partial charge in [-0.3, -0.25) is 15.0 Å². The zero-order valence-electron chi connectivity index (χ0n) is 14.7. The first-order valence-electron chi connectivity index (χ1n) is 8.55. The molecule has 4 aromatic rings. The molecule has 0 atom stereocenters. The van der Waals surface area contributed by atoms with Crippen LogP contribution in [-0.4, -0.2) is 43.4 Å². The topological polar surface area (TPSA) is 113 Å².